The number of aromatic carboxylic acids is 1. The van der Waals surface area contributed by atoms with E-state index in [1.54, 1.807) is 12.1 Å². The smallest absolute Gasteiger partial charge is 0.335 e. The summed E-state index contributed by atoms with van der Waals surface area (Å²) in [4.78, 5) is 11.0. The molecule has 0 heterocycles. The van der Waals surface area contributed by atoms with Crippen molar-refractivity contribution in [2.45, 2.75) is 50.6 Å². The van der Waals surface area contributed by atoms with Crippen LogP contribution in [0.1, 0.15) is 54.4 Å². The van der Waals surface area contributed by atoms with Crippen LogP contribution in [0.5, 0.6) is 0 Å². The van der Waals surface area contributed by atoms with Crippen LogP contribution < -0.4 is 5.32 Å². The molecule has 3 nitrogen and oxygen atoms in total. The summed E-state index contributed by atoms with van der Waals surface area (Å²) in [5.41, 5.74) is 1.78. The monoisotopic (exact) mass is 259 g/mol. The standard InChI is InChI=1S/C16H21NO2/c18-15(19)14-3-1-2-13(10-14)11-17-16-7-4-12(5-8-16)6-9-16/h1-3,10,12,17H,4-9,11H2,(H,18,19). The summed E-state index contributed by atoms with van der Waals surface area (Å²) in [6, 6.07) is 7.26. The number of carbonyl (C=O) groups is 1. The molecule has 0 aromatic heterocycles. The van der Waals surface area contributed by atoms with E-state index in [-0.39, 0.29) is 0 Å². The SMILES string of the molecule is O=C(O)c1cccc(CNC23CCC(CC2)CC3)c1. The molecule has 3 aliphatic carbocycles. The number of rotatable bonds is 4. The van der Waals surface area contributed by atoms with Gasteiger partial charge < -0.3 is 10.4 Å². The number of fused-ring (bicyclic) bond motifs is 3. The molecule has 4 rings (SSSR count). The fraction of sp³-hybridized carbons (Fsp3) is 0.562. The van der Waals surface area contributed by atoms with Crippen molar-refractivity contribution < 1.29 is 9.90 Å². The molecule has 0 spiro atoms. The zero-order valence-corrected chi connectivity index (χ0v) is 11.2. The van der Waals surface area contributed by atoms with E-state index >= 15 is 0 Å². The van der Waals surface area contributed by atoms with Gasteiger partial charge in [0, 0.05) is 12.1 Å². The summed E-state index contributed by atoms with van der Waals surface area (Å²) >= 11 is 0. The van der Waals surface area contributed by atoms with Crippen molar-refractivity contribution in [3.63, 3.8) is 0 Å². The molecule has 102 valence electrons. The molecule has 0 amide bonds. The highest BCUT2D eigenvalue weighted by atomic mass is 16.4. The van der Waals surface area contributed by atoms with Gasteiger partial charge in [-0.05, 0) is 62.1 Å². The van der Waals surface area contributed by atoms with E-state index in [1.807, 2.05) is 12.1 Å². The first-order chi connectivity index (χ1) is 9.17. The molecule has 2 N–H and O–H groups in total. The highest BCUT2D eigenvalue weighted by Gasteiger charge is 2.39. The number of carboxylic acid groups (broad SMARTS) is 1. The first-order valence-electron chi connectivity index (χ1n) is 7.24. The zero-order valence-electron chi connectivity index (χ0n) is 11.2. The topological polar surface area (TPSA) is 49.3 Å². The van der Waals surface area contributed by atoms with Crippen LogP contribution in [0, 0.1) is 5.92 Å². The Morgan fingerprint density at radius 3 is 2.58 bits per heavy atom. The summed E-state index contributed by atoms with van der Waals surface area (Å²) in [5.74, 6) is 0.122. The van der Waals surface area contributed by atoms with Crippen LogP contribution in [0.3, 0.4) is 0 Å². The lowest BCUT2D eigenvalue weighted by molar-refractivity contribution is 0.0696. The van der Waals surface area contributed by atoms with Gasteiger partial charge in [0.1, 0.15) is 0 Å². The highest BCUT2D eigenvalue weighted by molar-refractivity contribution is 5.87. The van der Waals surface area contributed by atoms with Gasteiger partial charge in [0.25, 0.3) is 0 Å². The van der Waals surface area contributed by atoms with Crippen LogP contribution in [0.2, 0.25) is 0 Å². The van der Waals surface area contributed by atoms with E-state index < -0.39 is 5.97 Å². The van der Waals surface area contributed by atoms with Crippen LogP contribution in [-0.2, 0) is 6.54 Å². The van der Waals surface area contributed by atoms with Gasteiger partial charge in [0.15, 0.2) is 0 Å². The number of nitrogens with one attached hydrogen (secondary N) is 1. The molecule has 19 heavy (non-hydrogen) atoms. The molecule has 3 heteroatoms. The lowest BCUT2D eigenvalue weighted by Crippen LogP contribution is -2.51. The predicted molar refractivity (Wildman–Crippen MR) is 74.2 cm³/mol. The normalized spacial score (nSPS) is 29.4. The summed E-state index contributed by atoms with van der Waals surface area (Å²) in [7, 11) is 0. The molecule has 3 aliphatic rings. The van der Waals surface area contributed by atoms with Gasteiger partial charge in [-0.1, -0.05) is 12.1 Å². The summed E-state index contributed by atoms with van der Waals surface area (Å²) in [5, 5.41) is 12.7. The van der Waals surface area contributed by atoms with E-state index in [1.165, 1.54) is 38.5 Å². The minimum Gasteiger partial charge on any atom is -0.478 e. The van der Waals surface area contributed by atoms with Gasteiger partial charge in [0.05, 0.1) is 5.56 Å². The summed E-state index contributed by atoms with van der Waals surface area (Å²) in [6.45, 7) is 0.784. The Morgan fingerprint density at radius 2 is 1.95 bits per heavy atom. The third-order valence-electron chi connectivity index (χ3n) is 4.93. The second kappa shape index (κ2) is 4.97. The van der Waals surface area contributed by atoms with Crippen LogP contribution in [0.15, 0.2) is 24.3 Å². The Morgan fingerprint density at radius 1 is 1.26 bits per heavy atom. The Labute approximate surface area is 114 Å². The molecule has 1 aromatic carbocycles. The Bertz CT molecular complexity index is 462. The Kier molecular flexibility index (Phi) is 3.31. The van der Waals surface area contributed by atoms with Gasteiger partial charge >= 0.3 is 5.97 Å². The van der Waals surface area contributed by atoms with E-state index in [0.29, 0.717) is 11.1 Å². The van der Waals surface area contributed by atoms with Crippen LogP contribution in [0.25, 0.3) is 0 Å². The van der Waals surface area contributed by atoms with Crippen molar-refractivity contribution in [1.29, 1.82) is 0 Å². The highest BCUT2D eigenvalue weighted by Crippen LogP contribution is 2.44. The molecule has 3 fully saturated rings. The van der Waals surface area contributed by atoms with E-state index in [4.69, 9.17) is 5.11 Å². The second-order valence-corrected chi connectivity index (χ2v) is 6.12. The fourth-order valence-corrected chi connectivity index (χ4v) is 3.62. The lowest BCUT2D eigenvalue weighted by atomic mass is 9.66. The minimum absolute atomic E-state index is 0.327. The summed E-state index contributed by atoms with van der Waals surface area (Å²) in [6.07, 6.45) is 7.95. The molecule has 0 atom stereocenters. The second-order valence-electron chi connectivity index (χ2n) is 6.12. The van der Waals surface area contributed by atoms with Gasteiger partial charge in [0.2, 0.25) is 0 Å². The van der Waals surface area contributed by atoms with Gasteiger partial charge in [-0.15, -0.1) is 0 Å². The molecule has 0 radical (unpaired) electrons. The van der Waals surface area contributed by atoms with Crippen LogP contribution in [0.4, 0.5) is 0 Å². The first-order valence-corrected chi connectivity index (χ1v) is 7.24. The zero-order chi connectivity index (χ0) is 13.3. The molecule has 1 aromatic rings. The predicted octanol–water partition coefficient (Wildman–Crippen LogP) is 3.20. The average Bonchev–Trinajstić information content (AvgIpc) is 2.47. The van der Waals surface area contributed by atoms with Crippen molar-refractivity contribution in [3.05, 3.63) is 35.4 Å². The third-order valence-corrected chi connectivity index (χ3v) is 4.93. The molecule has 3 saturated carbocycles. The minimum atomic E-state index is -0.849. The molecule has 0 saturated heterocycles. The fourth-order valence-electron chi connectivity index (χ4n) is 3.62. The first kappa shape index (κ1) is 12.7. The van der Waals surface area contributed by atoms with E-state index in [0.717, 1.165) is 18.0 Å². The van der Waals surface area contributed by atoms with Crippen molar-refractivity contribution >= 4 is 5.97 Å². The number of benzene rings is 1. The van der Waals surface area contributed by atoms with Crippen LogP contribution >= 0.6 is 0 Å². The lowest BCUT2D eigenvalue weighted by Gasteiger charge is -2.47. The number of hydrogen-bond acceptors (Lipinski definition) is 2. The van der Waals surface area contributed by atoms with Crippen LogP contribution in [-0.4, -0.2) is 16.6 Å². The van der Waals surface area contributed by atoms with E-state index in [9.17, 15) is 4.79 Å². The van der Waals surface area contributed by atoms with Gasteiger partial charge in [-0.3, -0.25) is 0 Å². The maximum Gasteiger partial charge on any atom is 0.335 e. The molecule has 2 bridgehead atoms. The summed E-state index contributed by atoms with van der Waals surface area (Å²) < 4.78 is 0. The van der Waals surface area contributed by atoms with Crippen molar-refractivity contribution in [3.8, 4) is 0 Å². The molecule has 0 aliphatic heterocycles. The number of hydrogen-bond donors (Lipinski definition) is 2. The van der Waals surface area contributed by atoms with E-state index in [2.05, 4.69) is 5.32 Å². The van der Waals surface area contributed by atoms with Gasteiger partial charge in [-0.2, -0.15) is 0 Å². The largest absolute Gasteiger partial charge is 0.478 e. The van der Waals surface area contributed by atoms with Crippen molar-refractivity contribution in [2.75, 3.05) is 0 Å². The van der Waals surface area contributed by atoms with Crippen molar-refractivity contribution in [2.24, 2.45) is 5.92 Å². The maximum absolute atomic E-state index is 11.0. The number of carboxylic acids is 1. The molecular formula is C16H21NO2. The van der Waals surface area contributed by atoms with Crippen molar-refractivity contribution in [1.82, 2.24) is 5.32 Å². The molecule has 0 unspecified atom stereocenters. The quantitative estimate of drug-likeness (QED) is 0.873. The Hall–Kier alpha value is -1.35. The molecular weight excluding hydrogens is 238 g/mol. The Balaban J connectivity index is 1.65. The van der Waals surface area contributed by atoms with Gasteiger partial charge in [-0.25, -0.2) is 4.79 Å². The third kappa shape index (κ3) is 2.66. The average molecular weight is 259 g/mol. The maximum atomic E-state index is 11.0.